The van der Waals surface area contributed by atoms with Gasteiger partial charge in [0.15, 0.2) is 5.78 Å². The Balaban J connectivity index is 2.14. The summed E-state index contributed by atoms with van der Waals surface area (Å²) in [5.74, 6) is 0.0318. The van der Waals surface area contributed by atoms with Crippen LogP contribution >= 0.6 is 0 Å². The average Bonchev–Trinajstić information content (AvgIpc) is 2.80. The second-order valence-electron chi connectivity index (χ2n) is 6.22. The van der Waals surface area contributed by atoms with Crippen LogP contribution in [-0.4, -0.2) is 11.5 Å². The predicted octanol–water partition coefficient (Wildman–Crippen LogP) is 4.22. The molecule has 1 aliphatic heterocycles. The van der Waals surface area contributed by atoms with E-state index in [0.29, 0.717) is 5.71 Å². The molecule has 0 saturated heterocycles. The van der Waals surface area contributed by atoms with Crippen molar-refractivity contribution >= 4 is 17.2 Å². The number of hydrazone groups is 1. The molecule has 2 aromatic carbocycles. The smallest absolute Gasteiger partial charge is 0.176 e. The van der Waals surface area contributed by atoms with E-state index in [1.807, 2.05) is 53.5 Å². The van der Waals surface area contributed by atoms with Gasteiger partial charge in [-0.2, -0.15) is 5.10 Å². The minimum absolute atomic E-state index is 0.00926. The molecular formula is C19H20N2O. The SMILES string of the molecule is CC(=O)C1=NN(c2ccccc2)C(c2ccccc2)C1(C)C. The molecule has 3 heteroatoms. The highest BCUT2D eigenvalue weighted by Crippen LogP contribution is 2.46. The van der Waals surface area contributed by atoms with Crippen LogP contribution in [0, 0.1) is 5.41 Å². The first-order valence-corrected chi connectivity index (χ1v) is 7.51. The third-order valence-corrected chi connectivity index (χ3v) is 4.22. The zero-order valence-electron chi connectivity index (χ0n) is 13.2. The van der Waals surface area contributed by atoms with Gasteiger partial charge in [-0.25, -0.2) is 0 Å². The molecule has 3 nitrogen and oxygen atoms in total. The first-order valence-electron chi connectivity index (χ1n) is 7.51. The minimum atomic E-state index is -0.344. The maximum atomic E-state index is 12.1. The number of hydrogen-bond acceptors (Lipinski definition) is 3. The highest BCUT2D eigenvalue weighted by Gasteiger charge is 2.47. The lowest BCUT2D eigenvalue weighted by Crippen LogP contribution is -2.34. The van der Waals surface area contributed by atoms with Gasteiger partial charge in [-0.05, 0) is 17.7 Å². The Hall–Kier alpha value is -2.42. The van der Waals surface area contributed by atoms with E-state index >= 15 is 0 Å². The van der Waals surface area contributed by atoms with Gasteiger partial charge in [-0.1, -0.05) is 62.4 Å². The summed E-state index contributed by atoms with van der Waals surface area (Å²) in [6, 6.07) is 20.3. The molecule has 1 unspecified atom stereocenters. The summed E-state index contributed by atoms with van der Waals surface area (Å²) in [6.45, 7) is 5.78. The Morgan fingerprint density at radius 3 is 2.09 bits per heavy atom. The van der Waals surface area contributed by atoms with Crippen molar-refractivity contribution in [3.8, 4) is 0 Å². The van der Waals surface area contributed by atoms with Crippen molar-refractivity contribution in [1.29, 1.82) is 0 Å². The summed E-state index contributed by atoms with van der Waals surface area (Å²) in [5, 5.41) is 6.65. The fraction of sp³-hybridized carbons (Fsp3) is 0.263. The monoisotopic (exact) mass is 292 g/mol. The Kier molecular flexibility index (Phi) is 3.57. The fourth-order valence-corrected chi connectivity index (χ4v) is 3.23. The lowest BCUT2D eigenvalue weighted by molar-refractivity contribution is -0.111. The topological polar surface area (TPSA) is 32.7 Å². The van der Waals surface area contributed by atoms with Gasteiger partial charge in [-0.3, -0.25) is 9.80 Å². The molecule has 1 aliphatic rings. The van der Waals surface area contributed by atoms with E-state index in [-0.39, 0.29) is 17.2 Å². The lowest BCUT2D eigenvalue weighted by atomic mass is 9.76. The number of carbonyl (C=O) groups excluding carboxylic acids is 1. The summed E-state index contributed by atoms with van der Waals surface area (Å²) in [4.78, 5) is 12.1. The lowest BCUT2D eigenvalue weighted by Gasteiger charge is -2.33. The molecule has 112 valence electrons. The van der Waals surface area contributed by atoms with Crippen molar-refractivity contribution in [2.75, 3.05) is 5.01 Å². The van der Waals surface area contributed by atoms with Crippen LogP contribution in [0.1, 0.15) is 32.4 Å². The molecule has 0 radical (unpaired) electrons. The van der Waals surface area contributed by atoms with E-state index in [1.54, 1.807) is 6.92 Å². The van der Waals surface area contributed by atoms with Crippen LogP contribution in [0.2, 0.25) is 0 Å². The summed E-state index contributed by atoms with van der Waals surface area (Å²) in [7, 11) is 0. The van der Waals surface area contributed by atoms with Gasteiger partial charge in [0, 0.05) is 12.3 Å². The number of anilines is 1. The van der Waals surface area contributed by atoms with Crippen molar-refractivity contribution in [3.63, 3.8) is 0 Å². The molecule has 0 amide bonds. The number of ketones is 1. The summed E-state index contributed by atoms with van der Waals surface area (Å²) < 4.78 is 0. The molecule has 0 fully saturated rings. The maximum absolute atomic E-state index is 12.1. The number of benzene rings is 2. The Morgan fingerprint density at radius 2 is 1.55 bits per heavy atom. The van der Waals surface area contributed by atoms with E-state index in [4.69, 9.17) is 0 Å². The Bertz CT molecular complexity index is 705. The highest BCUT2D eigenvalue weighted by atomic mass is 16.1. The first kappa shape index (κ1) is 14.5. The van der Waals surface area contributed by atoms with Crippen molar-refractivity contribution in [2.45, 2.75) is 26.8 Å². The van der Waals surface area contributed by atoms with Gasteiger partial charge in [0.1, 0.15) is 5.71 Å². The summed E-state index contributed by atoms with van der Waals surface area (Å²) in [5.41, 5.74) is 2.45. The van der Waals surface area contributed by atoms with Gasteiger partial charge in [-0.15, -0.1) is 0 Å². The zero-order chi connectivity index (χ0) is 15.7. The predicted molar refractivity (Wildman–Crippen MR) is 90.0 cm³/mol. The minimum Gasteiger partial charge on any atom is -0.293 e. The van der Waals surface area contributed by atoms with E-state index in [9.17, 15) is 4.79 Å². The molecule has 2 aromatic rings. The third kappa shape index (κ3) is 2.33. The molecule has 3 rings (SSSR count). The van der Waals surface area contributed by atoms with Gasteiger partial charge in [0.25, 0.3) is 0 Å². The van der Waals surface area contributed by atoms with Crippen molar-refractivity contribution in [1.82, 2.24) is 0 Å². The molecular weight excluding hydrogens is 272 g/mol. The average molecular weight is 292 g/mol. The molecule has 0 spiro atoms. The molecule has 0 aromatic heterocycles. The standard InChI is InChI=1S/C19H20N2O/c1-14(22)17-19(2,3)18(15-10-6-4-7-11-15)21(20-17)16-12-8-5-9-13-16/h4-13,18H,1-3H3. The second-order valence-corrected chi connectivity index (χ2v) is 6.22. The molecule has 0 saturated carbocycles. The molecule has 1 atom stereocenters. The van der Waals surface area contributed by atoms with Crippen molar-refractivity contribution < 1.29 is 4.79 Å². The van der Waals surface area contributed by atoms with E-state index in [1.165, 1.54) is 0 Å². The molecule has 0 N–H and O–H groups in total. The zero-order valence-corrected chi connectivity index (χ0v) is 13.2. The molecule has 0 bridgehead atoms. The van der Waals surface area contributed by atoms with E-state index in [0.717, 1.165) is 11.3 Å². The number of hydrogen-bond donors (Lipinski definition) is 0. The van der Waals surface area contributed by atoms with E-state index in [2.05, 4.69) is 31.1 Å². The van der Waals surface area contributed by atoms with Crippen LogP contribution in [0.15, 0.2) is 65.8 Å². The quantitative estimate of drug-likeness (QED) is 0.848. The second kappa shape index (κ2) is 5.41. The van der Waals surface area contributed by atoms with Crippen LogP contribution in [0.5, 0.6) is 0 Å². The summed E-state index contributed by atoms with van der Waals surface area (Å²) >= 11 is 0. The molecule has 22 heavy (non-hydrogen) atoms. The van der Waals surface area contributed by atoms with Crippen LogP contribution in [0.25, 0.3) is 0 Å². The third-order valence-electron chi connectivity index (χ3n) is 4.22. The van der Waals surface area contributed by atoms with Crippen LogP contribution in [0.4, 0.5) is 5.69 Å². The number of carbonyl (C=O) groups is 1. The fourth-order valence-electron chi connectivity index (χ4n) is 3.23. The number of rotatable bonds is 3. The highest BCUT2D eigenvalue weighted by molar-refractivity contribution is 6.41. The Morgan fingerprint density at radius 1 is 1.00 bits per heavy atom. The number of Topliss-reactive ketones (excluding diaryl/α,β-unsaturated/α-hetero) is 1. The van der Waals surface area contributed by atoms with Gasteiger partial charge in [0.2, 0.25) is 0 Å². The van der Waals surface area contributed by atoms with Crippen molar-refractivity contribution in [3.05, 3.63) is 66.2 Å². The number of para-hydroxylation sites is 1. The van der Waals surface area contributed by atoms with E-state index < -0.39 is 0 Å². The first-order chi connectivity index (χ1) is 10.5. The van der Waals surface area contributed by atoms with Gasteiger partial charge in [0.05, 0.1) is 11.7 Å². The van der Waals surface area contributed by atoms with Crippen molar-refractivity contribution in [2.24, 2.45) is 10.5 Å². The van der Waals surface area contributed by atoms with Crippen LogP contribution in [0.3, 0.4) is 0 Å². The molecule has 1 heterocycles. The molecule has 0 aliphatic carbocycles. The Labute approximate surface area is 131 Å². The van der Waals surface area contributed by atoms with Crippen LogP contribution < -0.4 is 5.01 Å². The summed E-state index contributed by atoms with van der Waals surface area (Å²) in [6.07, 6.45) is 0. The normalized spacial score (nSPS) is 19.9. The largest absolute Gasteiger partial charge is 0.293 e. The maximum Gasteiger partial charge on any atom is 0.176 e. The van der Waals surface area contributed by atoms with Gasteiger partial charge < -0.3 is 0 Å². The van der Waals surface area contributed by atoms with Gasteiger partial charge >= 0.3 is 0 Å². The number of nitrogens with zero attached hydrogens (tertiary/aromatic N) is 2. The van der Waals surface area contributed by atoms with Crippen LogP contribution in [-0.2, 0) is 4.79 Å².